The molecule has 0 fully saturated rings. The maximum Gasteiger partial charge on any atom is 0.306 e. The fourth-order valence-electron chi connectivity index (χ4n) is 1.98. The highest BCUT2D eigenvalue weighted by molar-refractivity contribution is 9.10. The van der Waals surface area contributed by atoms with Gasteiger partial charge in [-0.2, -0.15) is 0 Å². The van der Waals surface area contributed by atoms with Crippen LogP contribution < -0.4 is 5.32 Å². The molecule has 2 aromatic rings. The second-order valence-corrected chi connectivity index (χ2v) is 6.50. The van der Waals surface area contributed by atoms with Crippen LogP contribution in [0.1, 0.15) is 23.2 Å². The summed E-state index contributed by atoms with van der Waals surface area (Å²) in [5, 5.41) is 3.14. The molecule has 0 saturated heterocycles. The van der Waals surface area contributed by atoms with Crippen molar-refractivity contribution in [2.45, 2.75) is 12.8 Å². The lowest BCUT2D eigenvalue weighted by molar-refractivity contribution is -0.147. The van der Waals surface area contributed by atoms with Crippen LogP contribution in [-0.2, 0) is 14.3 Å². The predicted octanol–water partition coefficient (Wildman–Crippen LogP) is 4.25. The van der Waals surface area contributed by atoms with E-state index in [4.69, 9.17) is 16.3 Å². The predicted molar refractivity (Wildman–Crippen MR) is 98.7 cm³/mol. The fraction of sp³-hybridized carbons (Fsp3) is 0.167. The first-order chi connectivity index (χ1) is 11.9. The highest BCUT2D eigenvalue weighted by atomic mass is 79.9. The summed E-state index contributed by atoms with van der Waals surface area (Å²) in [7, 11) is 0. The van der Waals surface area contributed by atoms with E-state index in [1.807, 2.05) is 6.07 Å². The zero-order valence-corrected chi connectivity index (χ0v) is 15.5. The second kappa shape index (κ2) is 9.34. The Hall–Kier alpha value is -2.18. The van der Waals surface area contributed by atoms with Gasteiger partial charge < -0.3 is 10.1 Å². The quantitative estimate of drug-likeness (QED) is 0.533. The summed E-state index contributed by atoms with van der Waals surface area (Å²) in [6.07, 6.45) is -0.0840. The zero-order valence-electron chi connectivity index (χ0n) is 13.1. The molecule has 0 saturated carbocycles. The van der Waals surface area contributed by atoms with E-state index in [0.29, 0.717) is 16.3 Å². The summed E-state index contributed by atoms with van der Waals surface area (Å²) >= 11 is 9.05. The van der Waals surface area contributed by atoms with Crippen LogP contribution in [0.3, 0.4) is 0 Å². The third-order valence-electron chi connectivity index (χ3n) is 3.20. The van der Waals surface area contributed by atoms with Crippen LogP contribution in [0.15, 0.2) is 53.0 Å². The molecule has 0 atom stereocenters. The topological polar surface area (TPSA) is 72.5 Å². The van der Waals surface area contributed by atoms with Gasteiger partial charge >= 0.3 is 5.97 Å². The van der Waals surface area contributed by atoms with Crippen LogP contribution in [0, 0.1) is 0 Å². The van der Waals surface area contributed by atoms with Gasteiger partial charge in [-0.3, -0.25) is 14.4 Å². The molecule has 1 amide bonds. The molecule has 1 N–H and O–H groups in total. The Morgan fingerprint density at radius 2 is 1.76 bits per heavy atom. The number of benzene rings is 2. The summed E-state index contributed by atoms with van der Waals surface area (Å²) in [4.78, 5) is 35.3. The molecular formula is C18H15BrClNO4. The molecule has 2 aromatic carbocycles. The van der Waals surface area contributed by atoms with Gasteiger partial charge in [0.05, 0.1) is 6.42 Å². The molecule has 25 heavy (non-hydrogen) atoms. The fourth-order valence-corrected chi connectivity index (χ4v) is 2.50. The van der Waals surface area contributed by atoms with Gasteiger partial charge in [-0.15, -0.1) is 0 Å². The highest BCUT2D eigenvalue weighted by Crippen LogP contribution is 2.15. The van der Waals surface area contributed by atoms with Crippen molar-refractivity contribution < 1.29 is 19.1 Å². The highest BCUT2D eigenvalue weighted by Gasteiger charge is 2.12. The van der Waals surface area contributed by atoms with E-state index in [2.05, 4.69) is 21.2 Å². The molecule has 0 heterocycles. The molecule has 0 radical (unpaired) electrons. The minimum absolute atomic E-state index is 0.00766. The third kappa shape index (κ3) is 6.68. The smallest absolute Gasteiger partial charge is 0.306 e. The van der Waals surface area contributed by atoms with E-state index in [1.54, 1.807) is 42.5 Å². The lowest BCUT2D eigenvalue weighted by Gasteiger charge is -2.07. The van der Waals surface area contributed by atoms with Gasteiger partial charge in [0.1, 0.15) is 0 Å². The first-order valence-electron chi connectivity index (χ1n) is 7.44. The lowest BCUT2D eigenvalue weighted by atomic mass is 10.1. The molecule has 7 heteroatoms. The van der Waals surface area contributed by atoms with E-state index in [1.165, 1.54) is 0 Å². The molecule has 0 spiro atoms. The number of carbonyl (C=O) groups is 3. The molecule has 0 aliphatic carbocycles. The number of anilines is 1. The molecule has 130 valence electrons. The average Bonchev–Trinajstić information content (AvgIpc) is 2.58. The van der Waals surface area contributed by atoms with Crippen LogP contribution in [0.2, 0.25) is 5.02 Å². The van der Waals surface area contributed by atoms with E-state index in [9.17, 15) is 14.4 Å². The van der Waals surface area contributed by atoms with Gasteiger partial charge in [0.25, 0.3) is 5.91 Å². The van der Waals surface area contributed by atoms with E-state index in [0.717, 1.165) is 4.47 Å². The number of hydrogen-bond acceptors (Lipinski definition) is 4. The number of carbonyl (C=O) groups excluding carboxylic acids is 3. The van der Waals surface area contributed by atoms with Crippen molar-refractivity contribution in [2.75, 3.05) is 11.9 Å². The molecule has 2 rings (SSSR count). The summed E-state index contributed by atoms with van der Waals surface area (Å²) in [6, 6.07) is 13.5. The van der Waals surface area contributed by atoms with Gasteiger partial charge in [-0.25, -0.2) is 0 Å². The monoisotopic (exact) mass is 423 g/mol. The van der Waals surface area contributed by atoms with E-state index in [-0.39, 0.29) is 18.6 Å². The Bertz CT molecular complexity index is 777. The second-order valence-electron chi connectivity index (χ2n) is 5.15. The summed E-state index contributed by atoms with van der Waals surface area (Å²) in [5.74, 6) is -1.24. The number of amides is 1. The number of rotatable bonds is 7. The van der Waals surface area contributed by atoms with Crippen LogP contribution in [0.4, 0.5) is 5.69 Å². The molecule has 0 aliphatic heterocycles. The zero-order chi connectivity index (χ0) is 18.2. The molecule has 0 bridgehead atoms. The Kier molecular flexibility index (Phi) is 7.16. The molecular weight excluding hydrogens is 410 g/mol. The first kappa shape index (κ1) is 19.1. The summed E-state index contributed by atoms with van der Waals surface area (Å²) in [6.45, 7) is -0.402. The average molecular weight is 425 g/mol. The van der Waals surface area contributed by atoms with Gasteiger partial charge in [0.15, 0.2) is 12.4 Å². The van der Waals surface area contributed by atoms with Crippen LogP contribution in [0.5, 0.6) is 0 Å². The number of ketones is 1. The minimum atomic E-state index is -0.605. The van der Waals surface area contributed by atoms with Crippen molar-refractivity contribution in [1.82, 2.24) is 0 Å². The maximum absolute atomic E-state index is 11.9. The van der Waals surface area contributed by atoms with Crippen molar-refractivity contribution in [3.63, 3.8) is 0 Å². The number of Topliss-reactive ketones (excluding diaryl/α,β-unsaturated/α-hetero) is 1. The lowest BCUT2D eigenvalue weighted by Crippen LogP contribution is -2.21. The summed E-state index contributed by atoms with van der Waals surface area (Å²) < 4.78 is 5.70. The van der Waals surface area contributed by atoms with E-state index >= 15 is 0 Å². The van der Waals surface area contributed by atoms with Gasteiger partial charge in [-0.05, 0) is 42.5 Å². The van der Waals surface area contributed by atoms with Crippen LogP contribution >= 0.6 is 27.5 Å². The van der Waals surface area contributed by atoms with Crippen molar-refractivity contribution in [1.29, 1.82) is 0 Å². The molecule has 0 aromatic heterocycles. The Balaban J connectivity index is 1.72. The van der Waals surface area contributed by atoms with Crippen LogP contribution in [0.25, 0.3) is 0 Å². The van der Waals surface area contributed by atoms with Crippen molar-refractivity contribution in [3.8, 4) is 0 Å². The SMILES string of the molecule is O=C(COC(=O)CCC(=O)c1ccc(Cl)cc1)Nc1cccc(Br)c1. The van der Waals surface area contributed by atoms with Gasteiger partial charge in [0.2, 0.25) is 0 Å². The summed E-state index contributed by atoms with van der Waals surface area (Å²) in [5.41, 5.74) is 1.07. The Morgan fingerprint density at radius 1 is 1.04 bits per heavy atom. The van der Waals surface area contributed by atoms with Crippen LogP contribution in [-0.4, -0.2) is 24.3 Å². The number of halogens is 2. The Labute approximate surface area is 158 Å². The van der Waals surface area contributed by atoms with Crippen molar-refractivity contribution in [2.24, 2.45) is 0 Å². The third-order valence-corrected chi connectivity index (χ3v) is 3.94. The first-order valence-corrected chi connectivity index (χ1v) is 8.61. The largest absolute Gasteiger partial charge is 0.456 e. The number of hydrogen-bond donors (Lipinski definition) is 1. The standard InChI is InChI=1S/C18H15BrClNO4/c19-13-2-1-3-15(10-13)21-17(23)11-25-18(24)9-8-16(22)12-4-6-14(20)7-5-12/h1-7,10H,8-9,11H2,(H,21,23). The van der Waals surface area contributed by atoms with Gasteiger partial charge in [0, 0.05) is 27.2 Å². The van der Waals surface area contributed by atoms with Crippen molar-refractivity contribution in [3.05, 3.63) is 63.6 Å². The number of ether oxygens (including phenoxy) is 1. The normalized spacial score (nSPS) is 10.2. The minimum Gasteiger partial charge on any atom is -0.456 e. The van der Waals surface area contributed by atoms with E-state index < -0.39 is 18.5 Å². The number of nitrogens with one attached hydrogen (secondary N) is 1. The number of esters is 1. The Morgan fingerprint density at radius 3 is 2.44 bits per heavy atom. The maximum atomic E-state index is 11.9. The molecule has 5 nitrogen and oxygen atoms in total. The van der Waals surface area contributed by atoms with Gasteiger partial charge in [-0.1, -0.05) is 33.6 Å². The molecule has 0 unspecified atom stereocenters. The molecule has 0 aliphatic rings. The van der Waals surface area contributed by atoms with Crippen molar-refractivity contribution >= 4 is 50.9 Å².